The van der Waals surface area contributed by atoms with Crippen LogP contribution in [0.25, 0.3) is 11.1 Å². The molecule has 1 saturated heterocycles. The molecule has 0 saturated carbocycles. The summed E-state index contributed by atoms with van der Waals surface area (Å²) in [6.07, 6.45) is 7.32. The summed E-state index contributed by atoms with van der Waals surface area (Å²) in [7, 11) is 0. The molecule has 1 aliphatic heterocycles. The first-order valence-electron chi connectivity index (χ1n) is 13.6. The van der Waals surface area contributed by atoms with Gasteiger partial charge in [-0.2, -0.15) is 0 Å². The van der Waals surface area contributed by atoms with Crippen LogP contribution in [0.2, 0.25) is 0 Å². The molecular weight excluding hydrogens is 462 g/mol. The van der Waals surface area contributed by atoms with E-state index in [0.717, 1.165) is 81.0 Å². The van der Waals surface area contributed by atoms with Crippen LogP contribution in [0.3, 0.4) is 0 Å². The Kier molecular flexibility index (Phi) is 10.4. The normalized spacial score (nSPS) is 15.7. The molecule has 2 heterocycles. The minimum Gasteiger partial charge on any atom is -0.493 e. The van der Waals surface area contributed by atoms with Crippen LogP contribution in [-0.2, 0) is 6.42 Å². The molecule has 0 spiro atoms. The molecule has 0 amide bonds. The van der Waals surface area contributed by atoms with Crippen LogP contribution in [0, 0.1) is 13.8 Å². The highest BCUT2D eigenvalue weighted by atomic mass is 16.5. The molecule has 3 aromatic rings. The number of benzene rings is 2. The largest absolute Gasteiger partial charge is 0.493 e. The Balaban J connectivity index is 1.24. The van der Waals surface area contributed by atoms with Crippen molar-refractivity contribution in [2.75, 3.05) is 45.9 Å². The molecule has 1 aliphatic rings. The summed E-state index contributed by atoms with van der Waals surface area (Å²) in [4.78, 5) is 6.37. The predicted octanol–water partition coefficient (Wildman–Crippen LogP) is 4.80. The standard InChI is InChI=1S/C31H41N3O3/c1-24-28(7-3-9-30(24)36-21-5-15-32-16-11-26-12-17-33-18-13-26)29-8-4-10-31(25(29)2)37-22-6-19-34-20-14-27(35)23-34/h3-4,7-10,12-13,17-18,27,32,35H,5-6,11,14-16,19-23H2,1-2H3/t27-/m1/s1. The second-order valence-corrected chi connectivity index (χ2v) is 9.86. The van der Waals surface area contributed by atoms with Gasteiger partial charge in [-0.15, -0.1) is 0 Å². The number of pyridine rings is 1. The van der Waals surface area contributed by atoms with Gasteiger partial charge >= 0.3 is 0 Å². The minimum atomic E-state index is -0.164. The topological polar surface area (TPSA) is 66.8 Å². The summed E-state index contributed by atoms with van der Waals surface area (Å²) in [5, 5.41) is 13.2. The summed E-state index contributed by atoms with van der Waals surface area (Å²) in [5.74, 6) is 1.87. The zero-order valence-electron chi connectivity index (χ0n) is 22.3. The average Bonchev–Trinajstić information content (AvgIpc) is 3.33. The highest BCUT2D eigenvalue weighted by molar-refractivity contribution is 5.74. The number of β-amino-alcohol motifs (C(OH)–C–C–N with tert-alkyl or cyclic N) is 1. The molecule has 0 bridgehead atoms. The van der Waals surface area contributed by atoms with Crippen LogP contribution < -0.4 is 14.8 Å². The Morgan fingerprint density at radius 2 is 1.54 bits per heavy atom. The number of hydrogen-bond donors (Lipinski definition) is 2. The van der Waals surface area contributed by atoms with Crippen molar-refractivity contribution in [1.29, 1.82) is 0 Å². The van der Waals surface area contributed by atoms with E-state index in [9.17, 15) is 5.11 Å². The van der Waals surface area contributed by atoms with Gasteiger partial charge in [-0.3, -0.25) is 4.98 Å². The lowest BCUT2D eigenvalue weighted by atomic mass is 9.95. The Labute approximate surface area is 221 Å². The van der Waals surface area contributed by atoms with Gasteiger partial charge in [0.1, 0.15) is 11.5 Å². The van der Waals surface area contributed by atoms with Gasteiger partial charge in [-0.25, -0.2) is 0 Å². The number of aliphatic hydroxyl groups is 1. The number of nitrogens with zero attached hydrogens (tertiary/aromatic N) is 2. The SMILES string of the molecule is Cc1c(OCCCNCCc2ccncc2)cccc1-c1cccc(OCCCN2CC[C@@H](O)C2)c1C. The van der Waals surface area contributed by atoms with Crippen LogP contribution in [0.1, 0.15) is 36.0 Å². The monoisotopic (exact) mass is 503 g/mol. The number of rotatable bonds is 14. The molecule has 1 fully saturated rings. The average molecular weight is 504 g/mol. The number of aliphatic hydroxyl groups excluding tert-OH is 1. The molecule has 1 atom stereocenters. The maximum Gasteiger partial charge on any atom is 0.122 e. The summed E-state index contributed by atoms with van der Waals surface area (Å²) in [5.41, 5.74) is 5.97. The van der Waals surface area contributed by atoms with E-state index in [1.54, 1.807) is 0 Å². The maximum atomic E-state index is 9.69. The summed E-state index contributed by atoms with van der Waals surface area (Å²) in [6.45, 7) is 10.2. The predicted molar refractivity (Wildman–Crippen MR) is 149 cm³/mol. The molecule has 2 aromatic carbocycles. The number of hydrogen-bond acceptors (Lipinski definition) is 6. The van der Waals surface area contributed by atoms with Crippen molar-refractivity contribution < 1.29 is 14.6 Å². The molecule has 1 aromatic heterocycles. The van der Waals surface area contributed by atoms with E-state index in [1.807, 2.05) is 12.4 Å². The summed E-state index contributed by atoms with van der Waals surface area (Å²) in [6, 6.07) is 16.7. The molecular formula is C31H41N3O3. The Hall–Kier alpha value is -2.93. The van der Waals surface area contributed by atoms with E-state index in [0.29, 0.717) is 13.2 Å². The van der Waals surface area contributed by atoms with E-state index >= 15 is 0 Å². The highest BCUT2D eigenvalue weighted by Gasteiger charge is 2.19. The maximum absolute atomic E-state index is 9.69. The molecule has 0 unspecified atom stereocenters. The van der Waals surface area contributed by atoms with Crippen LogP contribution >= 0.6 is 0 Å². The molecule has 37 heavy (non-hydrogen) atoms. The van der Waals surface area contributed by atoms with E-state index < -0.39 is 0 Å². The smallest absolute Gasteiger partial charge is 0.122 e. The second kappa shape index (κ2) is 14.1. The molecule has 0 radical (unpaired) electrons. The van der Waals surface area contributed by atoms with E-state index in [4.69, 9.17) is 9.47 Å². The highest BCUT2D eigenvalue weighted by Crippen LogP contribution is 2.35. The number of ether oxygens (including phenoxy) is 2. The third kappa shape index (κ3) is 8.03. The van der Waals surface area contributed by atoms with Crippen molar-refractivity contribution in [2.45, 2.75) is 45.6 Å². The van der Waals surface area contributed by atoms with E-state index in [-0.39, 0.29) is 6.10 Å². The van der Waals surface area contributed by atoms with Crippen LogP contribution in [0.4, 0.5) is 0 Å². The van der Waals surface area contributed by atoms with Gasteiger partial charge in [-0.1, -0.05) is 24.3 Å². The van der Waals surface area contributed by atoms with Crippen LogP contribution in [-0.4, -0.2) is 67.0 Å². The number of nitrogens with one attached hydrogen (secondary N) is 1. The zero-order chi connectivity index (χ0) is 25.9. The first kappa shape index (κ1) is 27.1. The first-order chi connectivity index (χ1) is 18.1. The zero-order valence-corrected chi connectivity index (χ0v) is 22.3. The number of likely N-dealkylation sites (tertiary alicyclic amines) is 1. The third-order valence-corrected chi connectivity index (χ3v) is 7.08. The fourth-order valence-electron chi connectivity index (χ4n) is 4.90. The fraction of sp³-hybridized carbons (Fsp3) is 0.452. The Bertz CT molecular complexity index is 1110. The Morgan fingerprint density at radius 3 is 2.16 bits per heavy atom. The van der Waals surface area contributed by atoms with Gasteiger partial charge in [0.15, 0.2) is 0 Å². The molecule has 4 rings (SSSR count). The lowest BCUT2D eigenvalue weighted by molar-refractivity contribution is 0.173. The van der Waals surface area contributed by atoms with Gasteiger partial charge in [0.05, 0.1) is 19.3 Å². The molecule has 198 valence electrons. The third-order valence-electron chi connectivity index (χ3n) is 7.08. The van der Waals surface area contributed by atoms with Crippen LogP contribution in [0.5, 0.6) is 11.5 Å². The van der Waals surface area contributed by atoms with Gasteiger partial charge in [-0.05, 0) is 105 Å². The van der Waals surface area contributed by atoms with Crippen molar-refractivity contribution in [3.05, 3.63) is 77.6 Å². The van der Waals surface area contributed by atoms with E-state index in [1.165, 1.54) is 16.7 Å². The summed E-state index contributed by atoms with van der Waals surface area (Å²) >= 11 is 0. The second-order valence-electron chi connectivity index (χ2n) is 9.86. The lowest BCUT2D eigenvalue weighted by Gasteiger charge is -2.18. The van der Waals surface area contributed by atoms with Gasteiger partial charge in [0.2, 0.25) is 0 Å². The lowest BCUT2D eigenvalue weighted by Crippen LogP contribution is -2.24. The van der Waals surface area contributed by atoms with Crippen molar-refractivity contribution in [2.24, 2.45) is 0 Å². The number of aromatic nitrogens is 1. The van der Waals surface area contributed by atoms with Crippen LogP contribution in [0.15, 0.2) is 60.9 Å². The molecule has 2 N–H and O–H groups in total. The Morgan fingerprint density at radius 1 is 0.892 bits per heavy atom. The first-order valence-corrected chi connectivity index (χ1v) is 13.6. The summed E-state index contributed by atoms with van der Waals surface area (Å²) < 4.78 is 12.3. The van der Waals surface area contributed by atoms with Crippen molar-refractivity contribution in [3.63, 3.8) is 0 Å². The van der Waals surface area contributed by atoms with Crippen molar-refractivity contribution in [1.82, 2.24) is 15.2 Å². The van der Waals surface area contributed by atoms with Crippen molar-refractivity contribution >= 4 is 0 Å². The fourth-order valence-corrected chi connectivity index (χ4v) is 4.90. The molecule has 0 aliphatic carbocycles. The van der Waals surface area contributed by atoms with Gasteiger partial charge in [0, 0.05) is 32.0 Å². The van der Waals surface area contributed by atoms with Crippen molar-refractivity contribution in [3.8, 4) is 22.6 Å². The molecule has 6 heteroatoms. The molecule has 6 nitrogen and oxygen atoms in total. The van der Waals surface area contributed by atoms with E-state index in [2.05, 4.69) is 77.6 Å². The van der Waals surface area contributed by atoms with Gasteiger partial charge < -0.3 is 24.8 Å². The van der Waals surface area contributed by atoms with Gasteiger partial charge in [0.25, 0.3) is 0 Å². The quantitative estimate of drug-likeness (QED) is 0.308. The minimum absolute atomic E-state index is 0.164.